The van der Waals surface area contributed by atoms with Crippen LogP contribution in [0.1, 0.15) is 30.7 Å². The van der Waals surface area contributed by atoms with Crippen molar-refractivity contribution in [3.8, 4) is 11.3 Å². The fourth-order valence-electron chi connectivity index (χ4n) is 4.26. The number of aryl methyl sites for hydroxylation is 1. The molecule has 1 aromatic carbocycles. The van der Waals surface area contributed by atoms with Crippen LogP contribution in [0.2, 0.25) is 0 Å². The van der Waals surface area contributed by atoms with Crippen LogP contribution in [-0.2, 0) is 11.3 Å². The molecule has 0 aliphatic carbocycles. The normalized spacial score (nSPS) is 19.9. The van der Waals surface area contributed by atoms with Crippen LogP contribution in [0.15, 0.2) is 30.5 Å². The highest BCUT2D eigenvalue weighted by Gasteiger charge is 2.27. The Morgan fingerprint density at radius 2 is 1.87 bits per heavy atom. The molecule has 3 heterocycles. The van der Waals surface area contributed by atoms with Gasteiger partial charge in [-0.05, 0) is 33.8 Å². The average Bonchev–Trinajstić information content (AvgIpc) is 3.25. The number of carbonyl (C=O) groups excluding carboxylic acids is 1. The molecule has 30 heavy (non-hydrogen) atoms. The van der Waals surface area contributed by atoms with E-state index in [1.165, 1.54) is 25.7 Å². The molecule has 0 bridgehead atoms. The first-order chi connectivity index (χ1) is 14.3. The third-order valence-corrected chi connectivity index (χ3v) is 6.65. The minimum absolute atomic E-state index is 0.153. The van der Waals surface area contributed by atoms with Crippen LogP contribution < -0.4 is 15.1 Å². The lowest BCUT2D eigenvalue weighted by Gasteiger charge is -2.29. The summed E-state index contributed by atoms with van der Waals surface area (Å²) in [5.74, 6) is 0.153. The van der Waals surface area contributed by atoms with Crippen LogP contribution in [-0.4, -0.2) is 54.1 Å². The summed E-state index contributed by atoms with van der Waals surface area (Å²) in [5.41, 5.74) is 3.30. The monoisotopic (exact) mass is 427 g/mol. The molecule has 0 atom stereocenters. The molecule has 2 aromatic heterocycles. The molecule has 3 aromatic rings. The van der Waals surface area contributed by atoms with E-state index in [2.05, 4.69) is 47.7 Å². The van der Waals surface area contributed by atoms with E-state index in [0.717, 1.165) is 43.9 Å². The van der Waals surface area contributed by atoms with Gasteiger partial charge in [-0.15, -0.1) is 11.3 Å². The lowest BCUT2D eigenvalue weighted by atomic mass is 10.1. The molecule has 1 fully saturated rings. The number of nitrogens with one attached hydrogen (secondary N) is 4. The zero-order valence-electron chi connectivity index (χ0n) is 18.4. The number of nitrogens with zero attached hydrogens (tertiary/aromatic N) is 1. The van der Waals surface area contributed by atoms with E-state index < -0.39 is 0 Å². The molecule has 7 heteroatoms. The fourth-order valence-corrected chi connectivity index (χ4v) is 5.28. The largest absolute Gasteiger partial charge is 0.360 e. The minimum Gasteiger partial charge on any atom is -0.360 e. The molecular formula is C23H33N5OS+2. The molecule has 6 nitrogen and oxygen atoms in total. The third kappa shape index (κ3) is 4.91. The van der Waals surface area contributed by atoms with Gasteiger partial charge in [0.15, 0.2) is 6.54 Å². The molecule has 0 unspecified atom stereocenters. The van der Waals surface area contributed by atoms with Gasteiger partial charge in [0.1, 0.15) is 37.7 Å². The number of quaternary nitrogens is 2. The van der Waals surface area contributed by atoms with Gasteiger partial charge in [-0.3, -0.25) is 4.79 Å². The Morgan fingerprint density at radius 3 is 2.60 bits per heavy atom. The first-order valence-corrected chi connectivity index (χ1v) is 11.6. The van der Waals surface area contributed by atoms with Crippen molar-refractivity contribution in [2.75, 3.05) is 32.7 Å². The SMILES string of the molecule is Cc1sc(C[NH+]2CC[NH+](CC(=O)NC(C)(C)C)CC2)nc1-c1c[nH]c2ccccc12. The Hall–Kier alpha value is -2.22. The quantitative estimate of drug-likeness (QED) is 0.487. The Labute approximate surface area is 182 Å². The summed E-state index contributed by atoms with van der Waals surface area (Å²) < 4.78 is 0. The lowest BCUT2D eigenvalue weighted by Crippen LogP contribution is -3.28. The summed E-state index contributed by atoms with van der Waals surface area (Å²) in [7, 11) is 0. The summed E-state index contributed by atoms with van der Waals surface area (Å²) in [6.07, 6.45) is 2.08. The number of para-hydroxylation sites is 1. The molecule has 0 saturated carbocycles. The minimum atomic E-state index is -0.158. The van der Waals surface area contributed by atoms with Crippen molar-refractivity contribution < 1.29 is 14.6 Å². The van der Waals surface area contributed by atoms with Crippen molar-refractivity contribution in [2.45, 2.75) is 39.8 Å². The predicted octanol–water partition coefficient (Wildman–Crippen LogP) is 0.798. The number of amides is 1. The molecule has 160 valence electrons. The number of benzene rings is 1. The lowest BCUT2D eigenvalue weighted by molar-refractivity contribution is -1.02. The second kappa shape index (κ2) is 8.49. The van der Waals surface area contributed by atoms with Gasteiger partial charge in [-0.2, -0.15) is 0 Å². The second-order valence-corrected chi connectivity index (χ2v) is 10.7. The van der Waals surface area contributed by atoms with Gasteiger partial charge < -0.3 is 20.1 Å². The number of rotatable bonds is 5. The van der Waals surface area contributed by atoms with Crippen LogP contribution in [0.25, 0.3) is 22.2 Å². The molecule has 0 radical (unpaired) electrons. The standard InChI is InChI=1S/C23H31N5OS/c1-16-22(18-13-24-19-8-6-5-7-17(18)19)25-21(30-16)15-28-11-9-27(10-12-28)14-20(29)26-23(2,3)4/h5-8,13,24H,9-12,14-15H2,1-4H3,(H,26,29)/p+2. The number of H-pyrrole nitrogens is 1. The fraction of sp³-hybridized carbons (Fsp3) is 0.478. The van der Waals surface area contributed by atoms with Crippen LogP contribution in [0.4, 0.5) is 0 Å². The number of hydrogen-bond donors (Lipinski definition) is 4. The number of fused-ring (bicyclic) bond motifs is 1. The smallest absolute Gasteiger partial charge is 0.275 e. The van der Waals surface area contributed by atoms with Crippen LogP contribution in [0, 0.1) is 6.92 Å². The average molecular weight is 428 g/mol. The van der Waals surface area contributed by atoms with Gasteiger partial charge >= 0.3 is 0 Å². The number of piperazine rings is 1. The van der Waals surface area contributed by atoms with Crippen LogP contribution in [0.5, 0.6) is 0 Å². The highest BCUT2D eigenvalue weighted by atomic mass is 32.1. The molecule has 1 aliphatic heterocycles. The summed E-state index contributed by atoms with van der Waals surface area (Å²) in [4.78, 5) is 24.8. The maximum absolute atomic E-state index is 12.2. The summed E-state index contributed by atoms with van der Waals surface area (Å²) in [5, 5.41) is 5.51. The summed E-state index contributed by atoms with van der Waals surface area (Å²) >= 11 is 1.82. The zero-order valence-corrected chi connectivity index (χ0v) is 19.2. The van der Waals surface area contributed by atoms with E-state index in [4.69, 9.17) is 4.98 Å². The molecule has 1 amide bonds. The van der Waals surface area contributed by atoms with Gasteiger partial charge in [0.05, 0.1) is 5.69 Å². The zero-order chi connectivity index (χ0) is 21.3. The van der Waals surface area contributed by atoms with E-state index >= 15 is 0 Å². The molecular weight excluding hydrogens is 394 g/mol. The first-order valence-electron chi connectivity index (χ1n) is 10.8. The molecule has 1 aliphatic rings. The van der Waals surface area contributed by atoms with Gasteiger partial charge in [0.25, 0.3) is 5.91 Å². The van der Waals surface area contributed by atoms with Gasteiger partial charge in [0.2, 0.25) is 0 Å². The van der Waals surface area contributed by atoms with E-state index in [0.29, 0.717) is 6.54 Å². The summed E-state index contributed by atoms with van der Waals surface area (Å²) in [6.45, 7) is 14.0. The van der Waals surface area contributed by atoms with Gasteiger partial charge in [0, 0.05) is 33.1 Å². The number of thiazole rings is 1. The van der Waals surface area contributed by atoms with Crippen LogP contribution >= 0.6 is 11.3 Å². The molecule has 4 N–H and O–H groups in total. The maximum Gasteiger partial charge on any atom is 0.275 e. The van der Waals surface area contributed by atoms with Crippen molar-refractivity contribution in [3.63, 3.8) is 0 Å². The number of hydrogen-bond acceptors (Lipinski definition) is 3. The maximum atomic E-state index is 12.2. The highest BCUT2D eigenvalue weighted by Crippen LogP contribution is 2.32. The number of carbonyl (C=O) groups is 1. The number of aromatic nitrogens is 2. The Kier molecular flexibility index (Phi) is 5.95. The van der Waals surface area contributed by atoms with Crippen molar-refractivity contribution in [1.29, 1.82) is 0 Å². The molecule has 0 spiro atoms. The highest BCUT2D eigenvalue weighted by molar-refractivity contribution is 7.12. The van der Waals surface area contributed by atoms with E-state index in [1.807, 2.05) is 32.1 Å². The van der Waals surface area contributed by atoms with Gasteiger partial charge in [-0.25, -0.2) is 4.98 Å². The Balaban J connectivity index is 1.35. The Morgan fingerprint density at radius 1 is 1.17 bits per heavy atom. The number of aromatic amines is 1. The molecule has 4 rings (SSSR count). The van der Waals surface area contributed by atoms with E-state index in [-0.39, 0.29) is 11.4 Å². The van der Waals surface area contributed by atoms with Crippen molar-refractivity contribution >= 4 is 28.1 Å². The van der Waals surface area contributed by atoms with Crippen molar-refractivity contribution in [2.24, 2.45) is 0 Å². The van der Waals surface area contributed by atoms with Crippen LogP contribution in [0.3, 0.4) is 0 Å². The first kappa shape index (κ1) is 21.0. The third-order valence-electron chi connectivity index (χ3n) is 5.68. The van der Waals surface area contributed by atoms with Gasteiger partial charge in [-0.1, -0.05) is 18.2 Å². The Bertz CT molecular complexity index is 1020. The summed E-state index contributed by atoms with van der Waals surface area (Å²) in [6, 6.07) is 8.40. The van der Waals surface area contributed by atoms with E-state index in [1.54, 1.807) is 4.90 Å². The predicted molar refractivity (Wildman–Crippen MR) is 122 cm³/mol. The van der Waals surface area contributed by atoms with Crippen molar-refractivity contribution in [3.05, 3.63) is 40.3 Å². The molecule has 1 saturated heterocycles. The van der Waals surface area contributed by atoms with E-state index in [9.17, 15) is 4.79 Å². The van der Waals surface area contributed by atoms with Crippen molar-refractivity contribution in [1.82, 2.24) is 15.3 Å². The second-order valence-electron chi connectivity index (χ2n) is 9.41. The topological polar surface area (TPSA) is 66.7 Å².